The number of benzene rings is 1. The Balaban J connectivity index is 1.66. The van der Waals surface area contributed by atoms with Gasteiger partial charge in [-0.3, -0.25) is 20.2 Å². The molecular weight excluding hydrogens is 438 g/mol. The van der Waals surface area contributed by atoms with Gasteiger partial charge in [-0.1, -0.05) is 0 Å². The number of ether oxygens (including phenoxy) is 1. The number of esters is 1. The second-order valence-corrected chi connectivity index (χ2v) is 8.27. The smallest absolute Gasteiger partial charge is 0.341 e. The second kappa shape index (κ2) is 10.3. The molecule has 0 bridgehead atoms. The van der Waals surface area contributed by atoms with Crippen LogP contribution in [0.3, 0.4) is 0 Å². The molecule has 1 amide bonds. The van der Waals surface area contributed by atoms with Crippen molar-refractivity contribution in [1.82, 2.24) is 5.32 Å². The van der Waals surface area contributed by atoms with E-state index in [2.05, 4.69) is 10.6 Å². The van der Waals surface area contributed by atoms with E-state index in [0.29, 0.717) is 16.1 Å². The summed E-state index contributed by atoms with van der Waals surface area (Å²) in [5.74, 6) is -0.855. The predicted octanol–water partition coefficient (Wildman–Crippen LogP) is 4.24. The topological polar surface area (TPSA) is 111 Å². The number of amides is 1. The Morgan fingerprint density at radius 2 is 1.97 bits per heavy atom. The van der Waals surface area contributed by atoms with Crippen LogP contribution in [0.2, 0.25) is 0 Å². The van der Waals surface area contributed by atoms with E-state index in [1.807, 2.05) is 0 Å². The normalized spacial score (nSPS) is 12.8. The monoisotopic (exact) mass is 459 g/mol. The van der Waals surface area contributed by atoms with Crippen LogP contribution in [-0.4, -0.2) is 28.5 Å². The average molecular weight is 460 g/mol. The van der Waals surface area contributed by atoms with E-state index in [-0.39, 0.29) is 17.4 Å². The fourth-order valence-corrected chi connectivity index (χ4v) is 4.79. The van der Waals surface area contributed by atoms with Crippen molar-refractivity contribution in [3.63, 3.8) is 0 Å². The number of nitro groups is 1. The third-order valence-corrected chi connectivity index (χ3v) is 6.06. The van der Waals surface area contributed by atoms with Gasteiger partial charge in [-0.15, -0.1) is 11.3 Å². The number of rotatable bonds is 6. The Morgan fingerprint density at radius 1 is 1.26 bits per heavy atom. The number of non-ortho nitro benzene ring substituents is 1. The summed E-state index contributed by atoms with van der Waals surface area (Å²) in [5.41, 5.74) is 2.11. The predicted molar refractivity (Wildman–Crippen MR) is 123 cm³/mol. The first-order chi connectivity index (χ1) is 14.9. The van der Waals surface area contributed by atoms with Crippen LogP contribution in [0.5, 0.6) is 0 Å². The minimum absolute atomic E-state index is 0.0250. The molecule has 3 rings (SSSR count). The average Bonchev–Trinajstić information content (AvgIpc) is 3.10. The molecular formula is C21H21N3O5S2. The Hall–Kier alpha value is -3.11. The molecule has 162 valence electrons. The van der Waals surface area contributed by atoms with E-state index in [1.165, 1.54) is 35.6 Å². The summed E-state index contributed by atoms with van der Waals surface area (Å²) in [7, 11) is 0. The molecule has 2 aromatic rings. The molecule has 0 atom stereocenters. The van der Waals surface area contributed by atoms with Gasteiger partial charge in [-0.25, -0.2) is 4.79 Å². The van der Waals surface area contributed by atoms with Crippen LogP contribution in [-0.2, 0) is 22.4 Å². The number of fused-ring (bicyclic) bond motifs is 1. The van der Waals surface area contributed by atoms with Gasteiger partial charge in [0.2, 0.25) is 5.91 Å². The molecule has 1 aliphatic rings. The van der Waals surface area contributed by atoms with Gasteiger partial charge in [0.25, 0.3) is 5.69 Å². The number of carbonyl (C=O) groups is 2. The molecule has 2 N–H and O–H groups in total. The molecule has 1 aromatic carbocycles. The fourth-order valence-electron chi connectivity index (χ4n) is 3.24. The lowest BCUT2D eigenvalue weighted by molar-refractivity contribution is -0.384. The minimum atomic E-state index is -0.489. The molecule has 0 spiro atoms. The van der Waals surface area contributed by atoms with Crippen molar-refractivity contribution >= 4 is 57.3 Å². The summed E-state index contributed by atoms with van der Waals surface area (Å²) in [6, 6.07) is 5.80. The second-order valence-electron chi connectivity index (χ2n) is 6.76. The van der Waals surface area contributed by atoms with Crippen molar-refractivity contribution in [3.05, 3.63) is 62.0 Å². The molecule has 0 aliphatic heterocycles. The van der Waals surface area contributed by atoms with Crippen molar-refractivity contribution in [3.8, 4) is 0 Å². The summed E-state index contributed by atoms with van der Waals surface area (Å²) in [4.78, 5) is 36.0. The first-order valence-electron chi connectivity index (χ1n) is 9.75. The Bertz CT molecular complexity index is 1040. The fraction of sp³-hybridized carbons (Fsp3) is 0.286. The Kier molecular flexibility index (Phi) is 7.48. The van der Waals surface area contributed by atoms with Crippen LogP contribution >= 0.6 is 23.6 Å². The van der Waals surface area contributed by atoms with Gasteiger partial charge in [-0.2, -0.15) is 0 Å². The maximum absolute atomic E-state index is 12.5. The first-order valence-corrected chi connectivity index (χ1v) is 11.0. The highest BCUT2D eigenvalue weighted by Gasteiger charge is 2.26. The highest BCUT2D eigenvalue weighted by molar-refractivity contribution is 7.80. The van der Waals surface area contributed by atoms with Crippen LogP contribution in [0, 0.1) is 10.1 Å². The van der Waals surface area contributed by atoms with Gasteiger partial charge >= 0.3 is 5.97 Å². The van der Waals surface area contributed by atoms with E-state index < -0.39 is 16.8 Å². The number of nitrogens with zero attached hydrogens (tertiary/aromatic N) is 1. The number of nitrogens with one attached hydrogen (secondary N) is 2. The van der Waals surface area contributed by atoms with Gasteiger partial charge in [-0.05, 0) is 74.2 Å². The van der Waals surface area contributed by atoms with Crippen molar-refractivity contribution in [2.75, 3.05) is 11.9 Å². The third-order valence-electron chi connectivity index (χ3n) is 4.65. The van der Waals surface area contributed by atoms with Crippen LogP contribution in [0.15, 0.2) is 30.3 Å². The van der Waals surface area contributed by atoms with Crippen LogP contribution in [0.25, 0.3) is 6.08 Å². The van der Waals surface area contributed by atoms with Crippen molar-refractivity contribution < 1.29 is 19.2 Å². The van der Waals surface area contributed by atoms with Gasteiger partial charge in [0, 0.05) is 23.1 Å². The zero-order valence-corrected chi connectivity index (χ0v) is 18.4. The number of thiocarbonyl (C=S) groups is 1. The van der Waals surface area contributed by atoms with E-state index in [1.54, 1.807) is 19.1 Å². The highest BCUT2D eigenvalue weighted by atomic mass is 32.1. The van der Waals surface area contributed by atoms with Gasteiger partial charge in [0.1, 0.15) is 5.00 Å². The highest BCUT2D eigenvalue weighted by Crippen LogP contribution is 2.38. The molecule has 0 saturated carbocycles. The molecule has 0 fully saturated rings. The maximum atomic E-state index is 12.5. The summed E-state index contributed by atoms with van der Waals surface area (Å²) in [5, 5.41) is 16.9. The quantitative estimate of drug-likeness (QED) is 0.219. The molecule has 1 aliphatic carbocycles. The number of carbonyl (C=O) groups excluding carboxylic acids is 2. The van der Waals surface area contributed by atoms with E-state index in [0.717, 1.165) is 36.1 Å². The van der Waals surface area contributed by atoms with Crippen molar-refractivity contribution in [2.45, 2.75) is 32.6 Å². The van der Waals surface area contributed by atoms with Crippen LogP contribution in [0.4, 0.5) is 10.7 Å². The van der Waals surface area contributed by atoms with Crippen LogP contribution in [0.1, 0.15) is 46.1 Å². The largest absolute Gasteiger partial charge is 0.462 e. The lowest BCUT2D eigenvalue weighted by Gasteiger charge is -2.12. The van der Waals surface area contributed by atoms with Crippen molar-refractivity contribution in [2.24, 2.45) is 0 Å². The third kappa shape index (κ3) is 5.74. The van der Waals surface area contributed by atoms with Gasteiger partial charge in [0.15, 0.2) is 5.11 Å². The molecule has 31 heavy (non-hydrogen) atoms. The number of anilines is 1. The lowest BCUT2D eigenvalue weighted by atomic mass is 9.95. The first kappa shape index (κ1) is 22.6. The molecule has 1 heterocycles. The number of aryl methyl sites for hydroxylation is 1. The molecule has 0 unspecified atom stereocenters. The number of thiophene rings is 1. The number of hydrogen-bond acceptors (Lipinski definition) is 7. The maximum Gasteiger partial charge on any atom is 0.341 e. The van der Waals surface area contributed by atoms with Gasteiger partial charge in [0.05, 0.1) is 17.1 Å². The molecule has 1 aromatic heterocycles. The molecule has 0 saturated heterocycles. The molecule has 0 radical (unpaired) electrons. The van der Waals surface area contributed by atoms with Crippen LogP contribution < -0.4 is 10.6 Å². The number of hydrogen-bond donors (Lipinski definition) is 2. The number of nitro benzene ring substituents is 1. The standard InChI is InChI=1S/C21H21N3O5S2/c1-2-29-20(26)18-15-5-3-4-6-16(15)31-19(18)23-21(30)22-17(25)12-9-13-7-10-14(11-8-13)24(27)28/h7-12H,2-6H2,1H3,(H2,22,23,25,30). The summed E-state index contributed by atoms with van der Waals surface area (Å²) >= 11 is 6.70. The molecule has 8 nitrogen and oxygen atoms in total. The summed E-state index contributed by atoms with van der Waals surface area (Å²) in [6.45, 7) is 2.03. The molecule has 10 heteroatoms. The summed E-state index contributed by atoms with van der Waals surface area (Å²) in [6.07, 6.45) is 6.62. The zero-order chi connectivity index (χ0) is 22.4. The van der Waals surface area contributed by atoms with E-state index in [9.17, 15) is 19.7 Å². The Labute approximate surface area is 188 Å². The summed E-state index contributed by atoms with van der Waals surface area (Å²) < 4.78 is 5.21. The van der Waals surface area contributed by atoms with E-state index in [4.69, 9.17) is 17.0 Å². The minimum Gasteiger partial charge on any atom is -0.462 e. The van der Waals surface area contributed by atoms with Gasteiger partial charge < -0.3 is 10.1 Å². The van der Waals surface area contributed by atoms with E-state index >= 15 is 0 Å². The lowest BCUT2D eigenvalue weighted by Crippen LogP contribution is -2.33. The SMILES string of the molecule is CCOC(=O)c1c(NC(=S)NC(=O)C=Cc2ccc([N+](=O)[O-])cc2)sc2c1CCCC2. The Morgan fingerprint density at radius 3 is 2.65 bits per heavy atom. The zero-order valence-electron chi connectivity index (χ0n) is 16.8. The van der Waals surface area contributed by atoms with Crippen molar-refractivity contribution in [1.29, 1.82) is 0 Å².